The second-order valence-electron chi connectivity index (χ2n) is 5.17. The van der Waals surface area contributed by atoms with Crippen LogP contribution in [0.2, 0.25) is 0 Å². The van der Waals surface area contributed by atoms with Crippen LogP contribution in [-0.4, -0.2) is 78.0 Å². The Hall–Kier alpha value is -2.67. The fourth-order valence-corrected chi connectivity index (χ4v) is 4.05. The number of hydrogen-bond donors (Lipinski definition) is 2. The molecule has 0 spiro atoms. The number of aromatic nitrogens is 4. The van der Waals surface area contributed by atoms with Crippen LogP contribution in [0.15, 0.2) is 15.9 Å². The van der Waals surface area contributed by atoms with E-state index in [4.69, 9.17) is 11.6 Å². The molecule has 2 atom stereocenters. The first kappa shape index (κ1) is 18.1. The van der Waals surface area contributed by atoms with Crippen molar-refractivity contribution in [1.29, 1.82) is 0 Å². The quantitative estimate of drug-likeness (QED) is 0.341. The number of nitrogens with one attached hydrogen (secondary N) is 1. The maximum atomic E-state index is 12.5. The fraction of sp³-hybridized carbons (Fsp3) is 0.417. The number of thioether (sulfide) groups is 1. The molecule has 3 heterocycles. The molecule has 1 aromatic heterocycles. The van der Waals surface area contributed by atoms with E-state index in [2.05, 4.69) is 30.8 Å². The highest BCUT2D eigenvalue weighted by atomic mass is 35.5. The average molecular weight is 402 g/mol. The summed E-state index contributed by atoms with van der Waals surface area (Å²) in [4.78, 5) is 41.9. The Morgan fingerprint density at radius 3 is 2.81 bits per heavy atom. The molecule has 12 nitrogen and oxygen atoms in total. The van der Waals surface area contributed by atoms with E-state index in [1.807, 2.05) is 0 Å². The van der Waals surface area contributed by atoms with Gasteiger partial charge in [-0.3, -0.25) is 14.5 Å². The van der Waals surface area contributed by atoms with Crippen LogP contribution in [0.25, 0.3) is 0 Å². The van der Waals surface area contributed by atoms with Crippen LogP contribution >= 0.6 is 23.4 Å². The van der Waals surface area contributed by atoms with E-state index in [9.17, 15) is 19.5 Å². The molecule has 1 fully saturated rings. The monoisotopic (exact) mass is 401 g/mol. The number of carboxylic acid groups (broad SMARTS) is 1. The summed E-state index contributed by atoms with van der Waals surface area (Å²) >= 11 is 7.15. The largest absolute Gasteiger partial charge is 0.477 e. The zero-order valence-electron chi connectivity index (χ0n) is 13.4. The minimum absolute atomic E-state index is 0.0402. The summed E-state index contributed by atoms with van der Waals surface area (Å²) in [6, 6.07) is -0.935. The van der Waals surface area contributed by atoms with Crippen molar-refractivity contribution in [3.05, 3.63) is 16.6 Å². The molecule has 2 amide bonds. The number of nitrogens with zero attached hydrogens (tertiary/aromatic N) is 6. The van der Waals surface area contributed by atoms with Crippen molar-refractivity contribution >= 4 is 46.9 Å². The van der Waals surface area contributed by atoms with E-state index in [0.29, 0.717) is 0 Å². The van der Waals surface area contributed by atoms with E-state index in [0.717, 1.165) is 4.90 Å². The van der Waals surface area contributed by atoms with Gasteiger partial charge in [0.05, 0.1) is 5.03 Å². The van der Waals surface area contributed by atoms with E-state index in [-0.39, 0.29) is 28.0 Å². The minimum Gasteiger partial charge on any atom is -0.477 e. The number of aliphatic carboxylic acids is 1. The van der Waals surface area contributed by atoms with Crippen molar-refractivity contribution in [1.82, 2.24) is 30.4 Å². The molecular formula is C12H12ClN7O5S. The van der Waals surface area contributed by atoms with Gasteiger partial charge in [0.2, 0.25) is 11.5 Å². The zero-order chi connectivity index (χ0) is 19.0. The maximum Gasteiger partial charge on any atom is 0.353 e. The van der Waals surface area contributed by atoms with Crippen LogP contribution < -0.4 is 5.32 Å². The highest BCUT2D eigenvalue weighted by Crippen LogP contribution is 2.41. The molecule has 2 N–H and O–H groups in total. The van der Waals surface area contributed by atoms with Gasteiger partial charge in [-0.1, -0.05) is 16.8 Å². The Labute approximate surface area is 155 Å². The number of hydrogen-bond acceptors (Lipinski definition) is 9. The molecule has 3 rings (SSSR count). The topological polar surface area (TPSA) is 152 Å². The summed E-state index contributed by atoms with van der Waals surface area (Å²) in [5, 5.41) is 25.6. The van der Waals surface area contributed by atoms with Gasteiger partial charge in [-0.2, -0.15) is 0 Å². The Morgan fingerprint density at radius 1 is 1.50 bits per heavy atom. The van der Waals surface area contributed by atoms with Gasteiger partial charge >= 0.3 is 5.97 Å². The molecule has 1 saturated heterocycles. The predicted octanol–water partition coefficient (Wildman–Crippen LogP) is -1.50. The lowest BCUT2D eigenvalue weighted by atomic mass is 10.0. The third kappa shape index (κ3) is 2.88. The Balaban J connectivity index is 1.79. The second-order valence-corrected chi connectivity index (χ2v) is 6.73. The van der Waals surface area contributed by atoms with Gasteiger partial charge in [0, 0.05) is 12.8 Å². The van der Waals surface area contributed by atoms with Gasteiger partial charge in [-0.05, 0) is 10.4 Å². The summed E-state index contributed by atoms with van der Waals surface area (Å²) in [6.07, 6.45) is 0. The van der Waals surface area contributed by atoms with Crippen LogP contribution in [0.4, 0.5) is 0 Å². The van der Waals surface area contributed by atoms with Crippen molar-refractivity contribution < 1.29 is 24.3 Å². The molecule has 0 bridgehead atoms. The number of carbonyl (C=O) groups excluding carboxylic acids is 2. The Morgan fingerprint density at radius 2 is 2.23 bits per heavy atom. The molecule has 26 heavy (non-hydrogen) atoms. The lowest BCUT2D eigenvalue weighted by Crippen LogP contribution is -2.71. The number of oxime groups is 1. The molecule has 0 unspecified atom stereocenters. The van der Waals surface area contributed by atoms with Crippen LogP contribution in [0.1, 0.15) is 5.82 Å². The zero-order valence-corrected chi connectivity index (χ0v) is 15.0. The van der Waals surface area contributed by atoms with Gasteiger partial charge in [0.1, 0.15) is 24.2 Å². The van der Waals surface area contributed by atoms with Gasteiger partial charge < -0.3 is 15.3 Å². The fourth-order valence-electron chi connectivity index (χ4n) is 2.50. The SMILES string of the molecule is CO/N=C(\C(=O)N[C@@H]1C(=O)N2C(C(=O)O)=C(Cl)CS[C@H]12)c1nnnn1C. The number of halogens is 1. The molecule has 2 aliphatic heterocycles. The molecule has 0 saturated carbocycles. The Bertz CT molecular complexity index is 853. The summed E-state index contributed by atoms with van der Waals surface area (Å²) in [5.41, 5.74) is -0.492. The predicted molar refractivity (Wildman–Crippen MR) is 87.9 cm³/mol. The number of β-lactam (4-membered cyclic amide) rings is 1. The lowest BCUT2D eigenvalue weighted by molar-refractivity contribution is -0.150. The van der Waals surface area contributed by atoms with Crippen molar-refractivity contribution in [2.24, 2.45) is 12.2 Å². The molecule has 1 aromatic rings. The molecule has 2 aliphatic rings. The van der Waals surface area contributed by atoms with E-state index < -0.39 is 29.2 Å². The highest BCUT2D eigenvalue weighted by Gasteiger charge is 2.54. The summed E-state index contributed by atoms with van der Waals surface area (Å²) < 4.78 is 1.22. The number of tetrazole rings is 1. The van der Waals surface area contributed by atoms with E-state index in [1.165, 1.54) is 30.6 Å². The summed E-state index contributed by atoms with van der Waals surface area (Å²) in [7, 11) is 2.75. The van der Waals surface area contributed by atoms with Crippen molar-refractivity contribution in [2.75, 3.05) is 12.9 Å². The van der Waals surface area contributed by atoms with Gasteiger partial charge in [-0.15, -0.1) is 16.9 Å². The third-order valence-corrected chi connectivity index (χ3v) is 5.39. The smallest absolute Gasteiger partial charge is 0.353 e. The average Bonchev–Trinajstić information content (AvgIpc) is 3.02. The van der Waals surface area contributed by atoms with Crippen LogP contribution in [0.5, 0.6) is 0 Å². The molecule has 0 radical (unpaired) electrons. The maximum absolute atomic E-state index is 12.5. The first-order valence-electron chi connectivity index (χ1n) is 7.08. The number of amides is 2. The molecule has 0 aliphatic carbocycles. The standard InChI is InChI=1S/C12H12ClN7O5S/c1-19-8(15-17-18-19)5(16-25-2)9(21)14-6-10(22)20-7(12(23)24)4(13)3-26-11(6)20/h6,11H,3H2,1-2H3,(H,14,21)(H,23,24)/b16-5-/t6-,11-/m1/s1. The lowest BCUT2D eigenvalue weighted by Gasteiger charge is -2.48. The van der Waals surface area contributed by atoms with Crippen molar-refractivity contribution in [3.8, 4) is 0 Å². The number of rotatable bonds is 5. The van der Waals surface area contributed by atoms with Crippen molar-refractivity contribution in [2.45, 2.75) is 11.4 Å². The van der Waals surface area contributed by atoms with Crippen LogP contribution in [0, 0.1) is 0 Å². The Kier molecular flexibility index (Phi) is 4.82. The van der Waals surface area contributed by atoms with Gasteiger partial charge in [0.15, 0.2) is 0 Å². The normalized spacial score (nSPS) is 22.7. The first-order valence-corrected chi connectivity index (χ1v) is 8.50. The number of aryl methyl sites for hydroxylation is 1. The van der Waals surface area contributed by atoms with Crippen molar-refractivity contribution in [3.63, 3.8) is 0 Å². The molecular weight excluding hydrogens is 390 g/mol. The third-order valence-electron chi connectivity index (χ3n) is 3.64. The van der Waals surface area contributed by atoms with Gasteiger partial charge in [-0.25, -0.2) is 9.48 Å². The van der Waals surface area contributed by atoms with E-state index >= 15 is 0 Å². The molecule has 138 valence electrons. The first-order chi connectivity index (χ1) is 12.4. The highest BCUT2D eigenvalue weighted by molar-refractivity contribution is 8.00. The number of fused-ring (bicyclic) bond motifs is 1. The second kappa shape index (κ2) is 6.92. The minimum atomic E-state index is -1.30. The summed E-state index contributed by atoms with van der Waals surface area (Å²) in [6.45, 7) is 0. The molecule has 0 aromatic carbocycles. The van der Waals surface area contributed by atoms with Gasteiger partial charge in [0.25, 0.3) is 11.8 Å². The van der Waals surface area contributed by atoms with Crippen LogP contribution in [-0.2, 0) is 26.3 Å². The van der Waals surface area contributed by atoms with Crippen LogP contribution in [0.3, 0.4) is 0 Å². The number of carboxylic acids is 1. The molecule has 14 heteroatoms. The number of carbonyl (C=O) groups is 3. The van der Waals surface area contributed by atoms with E-state index in [1.54, 1.807) is 0 Å². The summed E-state index contributed by atoms with van der Waals surface area (Å²) in [5.74, 6) is -2.36.